The van der Waals surface area contributed by atoms with E-state index in [1.54, 1.807) is 36.5 Å². The Morgan fingerprint density at radius 3 is 2.91 bits per heavy atom. The molecule has 2 N–H and O–H groups in total. The fraction of sp³-hybridized carbons (Fsp3) is 0.267. The zero-order chi connectivity index (χ0) is 15.7. The van der Waals surface area contributed by atoms with Crippen LogP contribution < -0.4 is 14.8 Å². The Hall–Kier alpha value is -2.12. The number of fused-ring (bicyclic) bond motifs is 1. The molecule has 6 nitrogen and oxygen atoms in total. The molecule has 1 aliphatic heterocycles. The predicted molar refractivity (Wildman–Crippen MR) is 83.4 cm³/mol. The zero-order valence-corrected chi connectivity index (χ0v) is 13.0. The summed E-state index contributed by atoms with van der Waals surface area (Å²) >= 11 is 0. The van der Waals surface area contributed by atoms with Crippen LogP contribution in [0.4, 0.5) is 5.69 Å². The van der Waals surface area contributed by atoms with E-state index in [2.05, 4.69) is 4.98 Å². The molecule has 7 heteroatoms. The molecule has 3 rings (SSSR count). The van der Waals surface area contributed by atoms with Crippen molar-refractivity contribution in [1.82, 2.24) is 4.98 Å². The number of anilines is 1. The molecule has 0 fully saturated rings. The number of ether oxygens (including phenoxy) is 1. The Kier molecular flexibility index (Phi) is 3.76. The second kappa shape index (κ2) is 5.58. The van der Waals surface area contributed by atoms with Crippen LogP contribution in [0.25, 0.3) is 0 Å². The molecular formula is C15H17N3O3S. The van der Waals surface area contributed by atoms with Crippen molar-refractivity contribution in [2.45, 2.75) is 17.9 Å². The third-order valence-corrected chi connectivity index (χ3v) is 5.28. The number of pyridine rings is 1. The summed E-state index contributed by atoms with van der Waals surface area (Å²) in [5, 5.41) is 0. The summed E-state index contributed by atoms with van der Waals surface area (Å²) in [6.45, 7) is 2.25. The number of aryl methyl sites for hydroxylation is 1. The van der Waals surface area contributed by atoms with Crippen molar-refractivity contribution in [3.8, 4) is 5.88 Å². The highest BCUT2D eigenvalue weighted by molar-refractivity contribution is 7.92. The molecule has 1 atom stereocenters. The number of aromatic nitrogens is 1. The molecule has 1 aromatic carbocycles. The smallest absolute Gasteiger partial charge is 0.264 e. The van der Waals surface area contributed by atoms with Crippen molar-refractivity contribution in [1.29, 1.82) is 0 Å². The van der Waals surface area contributed by atoms with Crippen molar-refractivity contribution in [2.75, 3.05) is 17.4 Å². The van der Waals surface area contributed by atoms with Crippen LogP contribution in [-0.4, -0.2) is 32.6 Å². The van der Waals surface area contributed by atoms with Crippen molar-refractivity contribution in [2.24, 2.45) is 5.73 Å². The van der Waals surface area contributed by atoms with E-state index in [0.717, 1.165) is 5.56 Å². The Morgan fingerprint density at radius 2 is 2.18 bits per heavy atom. The van der Waals surface area contributed by atoms with E-state index in [1.165, 1.54) is 4.31 Å². The molecule has 0 aliphatic carbocycles. The highest BCUT2D eigenvalue weighted by Crippen LogP contribution is 2.34. The first-order valence-electron chi connectivity index (χ1n) is 6.93. The fourth-order valence-corrected chi connectivity index (χ4v) is 3.99. The Bertz CT molecular complexity index is 792. The van der Waals surface area contributed by atoms with Gasteiger partial charge in [-0.05, 0) is 36.8 Å². The highest BCUT2D eigenvalue weighted by Gasteiger charge is 2.34. The van der Waals surface area contributed by atoms with Gasteiger partial charge in [0.25, 0.3) is 10.0 Å². The standard InChI is InChI=1S/C15H17N3O3S/c1-11-4-2-5-13(8-11)22(19,20)18-10-12(9-16)21-15-14(18)6-3-7-17-15/h2-8,12H,9-10,16H2,1H3. The average molecular weight is 319 g/mol. The van der Waals surface area contributed by atoms with Crippen molar-refractivity contribution in [3.05, 3.63) is 48.2 Å². The molecule has 116 valence electrons. The Balaban J connectivity index is 2.10. The summed E-state index contributed by atoms with van der Waals surface area (Å²) in [4.78, 5) is 4.36. The van der Waals surface area contributed by atoms with E-state index in [-0.39, 0.29) is 18.0 Å². The normalized spacial score (nSPS) is 17.7. The fourth-order valence-electron chi connectivity index (χ4n) is 2.39. The van der Waals surface area contributed by atoms with Crippen LogP contribution in [0.1, 0.15) is 5.56 Å². The largest absolute Gasteiger partial charge is 0.470 e. The van der Waals surface area contributed by atoms with Crippen LogP contribution in [-0.2, 0) is 10.0 Å². The summed E-state index contributed by atoms with van der Waals surface area (Å²) in [6.07, 6.45) is 1.15. The second-order valence-corrected chi connectivity index (χ2v) is 7.02. The van der Waals surface area contributed by atoms with Gasteiger partial charge in [-0.1, -0.05) is 12.1 Å². The lowest BCUT2D eigenvalue weighted by atomic mass is 10.2. The quantitative estimate of drug-likeness (QED) is 0.922. The van der Waals surface area contributed by atoms with Gasteiger partial charge in [-0.3, -0.25) is 4.31 Å². The monoisotopic (exact) mass is 319 g/mol. The van der Waals surface area contributed by atoms with Gasteiger partial charge in [0.2, 0.25) is 5.88 Å². The molecule has 0 amide bonds. The minimum atomic E-state index is -3.68. The molecule has 0 saturated carbocycles. The summed E-state index contributed by atoms with van der Waals surface area (Å²) in [6, 6.07) is 10.2. The molecule has 0 radical (unpaired) electrons. The Labute approximate surface area is 129 Å². The van der Waals surface area contributed by atoms with Crippen LogP contribution in [0.2, 0.25) is 0 Å². The van der Waals surface area contributed by atoms with Gasteiger partial charge in [0.1, 0.15) is 11.8 Å². The molecule has 1 aliphatic rings. The van der Waals surface area contributed by atoms with Gasteiger partial charge in [0.15, 0.2) is 0 Å². The van der Waals surface area contributed by atoms with E-state index in [4.69, 9.17) is 10.5 Å². The number of hydrogen-bond acceptors (Lipinski definition) is 5. The average Bonchev–Trinajstić information content (AvgIpc) is 2.53. The number of nitrogens with two attached hydrogens (primary N) is 1. The Morgan fingerprint density at radius 1 is 1.36 bits per heavy atom. The molecule has 0 saturated heterocycles. The zero-order valence-electron chi connectivity index (χ0n) is 12.1. The summed E-state index contributed by atoms with van der Waals surface area (Å²) in [7, 11) is -3.68. The lowest BCUT2D eigenvalue weighted by Crippen LogP contribution is -2.46. The number of nitrogens with zero attached hydrogens (tertiary/aromatic N) is 2. The third kappa shape index (κ3) is 2.53. The molecule has 1 aromatic heterocycles. The molecule has 2 aromatic rings. The number of sulfonamides is 1. The molecule has 1 unspecified atom stereocenters. The minimum Gasteiger partial charge on any atom is -0.470 e. The van der Waals surface area contributed by atoms with Gasteiger partial charge >= 0.3 is 0 Å². The second-order valence-electron chi connectivity index (χ2n) is 5.16. The maximum Gasteiger partial charge on any atom is 0.264 e. The first-order chi connectivity index (χ1) is 10.5. The molecule has 2 heterocycles. The van der Waals surface area contributed by atoms with Crippen molar-refractivity contribution >= 4 is 15.7 Å². The first-order valence-corrected chi connectivity index (χ1v) is 8.37. The van der Waals surface area contributed by atoms with Gasteiger partial charge < -0.3 is 10.5 Å². The van der Waals surface area contributed by atoms with Gasteiger partial charge in [0.05, 0.1) is 11.4 Å². The maximum absolute atomic E-state index is 13.0. The number of rotatable bonds is 3. The lowest BCUT2D eigenvalue weighted by molar-refractivity contribution is 0.199. The molecular weight excluding hydrogens is 302 g/mol. The first kappa shape index (κ1) is 14.8. The van der Waals surface area contributed by atoms with Crippen LogP contribution in [0.3, 0.4) is 0 Å². The summed E-state index contributed by atoms with van der Waals surface area (Å²) in [5.74, 6) is 0.292. The lowest BCUT2D eigenvalue weighted by Gasteiger charge is -2.34. The molecule has 0 bridgehead atoms. The van der Waals surface area contributed by atoms with E-state index >= 15 is 0 Å². The van der Waals surface area contributed by atoms with Crippen LogP contribution in [0.15, 0.2) is 47.5 Å². The van der Waals surface area contributed by atoms with Crippen molar-refractivity contribution in [3.63, 3.8) is 0 Å². The van der Waals surface area contributed by atoms with Crippen LogP contribution in [0.5, 0.6) is 5.88 Å². The minimum absolute atomic E-state index is 0.172. The van der Waals surface area contributed by atoms with E-state index in [0.29, 0.717) is 11.6 Å². The molecule has 22 heavy (non-hydrogen) atoms. The summed E-state index contributed by atoms with van der Waals surface area (Å²) in [5.41, 5.74) is 6.98. The van der Waals surface area contributed by atoms with Gasteiger partial charge in [-0.15, -0.1) is 0 Å². The van der Waals surface area contributed by atoms with Gasteiger partial charge in [-0.25, -0.2) is 13.4 Å². The van der Waals surface area contributed by atoms with Crippen LogP contribution in [0, 0.1) is 6.92 Å². The highest BCUT2D eigenvalue weighted by atomic mass is 32.2. The topological polar surface area (TPSA) is 85.5 Å². The maximum atomic E-state index is 13.0. The molecule has 0 spiro atoms. The third-order valence-electron chi connectivity index (χ3n) is 3.51. The number of hydrogen-bond donors (Lipinski definition) is 1. The van der Waals surface area contributed by atoms with Gasteiger partial charge in [-0.2, -0.15) is 0 Å². The SMILES string of the molecule is Cc1cccc(S(=O)(=O)N2CC(CN)Oc3ncccc32)c1. The van der Waals surface area contributed by atoms with E-state index < -0.39 is 16.1 Å². The van der Waals surface area contributed by atoms with Gasteiger partial charge in [0, 0.05) is 12.7 Å². The van der Waals surface area contributed by atoms with Crippen LogP contribution >= 0.6 is 0 Å². The van der Waals surface area contributed by atoms with Crippen molar-refractivity contribution < 1.29 is 13.2 Å². The van der Waals surface area contributed by atoms with E-state index in [9.17, 15) is 8.42 Å². The van der Waals surface area contributed by atoms with E-state index in [1.807, 2.05) is 13.0 Å². The number of benzene rings is 1. The predicted octanol–water partition coefficient (Wildman–Crippen LogP) is 1.31. The summed E-state index contributed by atoms with van der Waals surface area (Å²) < 4.78 is 32.9.